The maximum Gasteiger partial charge on any atom is 0.312 e. The number of methoxy groups -OCH3 is 2. The molecule has 1 spiro atoms. The van der Waals surface area contributed by atoms with Gasteiger partial charge in [0.2, 0.25) is 0 Å². The minimum atomic E-state index is -0.448. The number of carbonyl (C=O) groups excluding carboxylic acids is 2. The number of likely N-dealkylation sites (tertiary alicyclic amines) is 1. The first-order chi connectivity index (χ1) is 12.9. The molecule has 2 saturated heterocycles. The summed E-state index contributed by atoms with van der Waals surface area (Å²) in [7, 11) is 7.02. The standard InChI is InChI=1S/C20H28N2O5/c1-21(2)13-14-12-20(19(24)27-14)8-10-22(11-9-20)18(23)15-6-5-7-16(25-3)17(15)26-4/h5-7,14H,8-13H2,1-4H3. The Hall–Kier alpha value is -2.28. The molecular weight excluding hydrogens is 348 g/mol. The highest BCUT2D eigenvalue weighted by Crippen LogP contribution is 2.43. The van der Waals surface area contributed by atoms with Gasteiger partial charge in [-0.05, 0) is 39.1 Å². The van der Waals surface area contributed by atoms with Crippen LogP contribution in [-0.2, 0) is 9.53 Å². The van der Waals surface area contributed by atoms with Crippen molar-refractivity contribution in [3.8, 4) is 11.5 Å². The van der Waals surface area contributed by atoms with Crippen molar-refractivity contribution in [3.05, 3.63) is 23.8 Å². The lowest BCUT2D eigenvalue weighted by Gasteiger charge is -2.36. The number of rotatable bonds is 5. The van der Waals surface area contributed by atoms with Gasteiger partial charge in [0, 0.05) is 26.1 Å². The van der Waals surface area contributed by atoms with Crippen molar-refractivity contribution < 1.29 is 23.8 Å². The van der Waals surface area contributed by atoms with E-state index in [9.17, 15) is 9.59 Å². The first kappa shape index (κ1) is 19.5. The highest BCUT2D eigenvalue weighted by molar-refractivity contribution is 5.98. The van der Waals surface area contributed by atoms with E-state index in [0.717, 1.165) is 13.0 Å². The van der Waals surface area contributed by atoms with Gasteiger partial charge in [0.1, 0.15) is 6.10 Å². The van der Waals surface area contributed by atoms with Crippen molar-refractivity contribution in [1.82, 2.24) is 9.80 Å². The van der Waals surface area contributed by atoms with Gasteiger partial charge < -0.3 is 24.0 Å². The van der Waals surface area contributed by atoms with E-state index < -0.39 is 5.41 Å². The molecule has 1 amide bonds. The summed E-state index contributed by atoms with van der Waals surface area (Å²) in [4.78, 5) is 29.3. The van der Waals surface area contributed by atoms with Crippen LogP contribution in [-0.4, -0.2) is 75.7 Å². The summed E-state index contributed by atoms with van der Waals surface area (Å²) in [6.07, 6.45) is 1.93. The summed E-state index contributed by atoms with van der Waals surface area (Å²) < 4.78 is 16.3. The van der Waals surface area contributed by atoms with Crippen molar-refractivity contribution in [2.24, 2.45) is 5.41 Å². The van der Waals surface area contributed by atoms with E-state index in [4.69, 9.17) is 14.2 Å². The minimum Gasteiger partial charge on any atom is -0.493 e. The van der Waals surface area contributed by atoms with Crippen LogP contribution in [0.25, 0.3) is 0 Å². The molecule has 1 aromatic carbocycles. The molecule has 3 rings (SSSR count). The Kier molecular flexibility index (Phi) is 5.60. The number of likely N-dealkylation sites (N-methyl/N-ethyl adjacent to an activating group) is 1. The molecule has 1 atom stereocenters. The van der Waals surface area contributed by atoms with Gasteiger partial charge in [-0.1, -0.05) is 6.07 Å². The van der Waals surface area contributed by atoms with E-state index in [1.165, 1.54) is 7.11 Å². The third-order valence-corrected chi connectivity index (χ3v) is 5.54. The molecule has 7 heteroatoms. The van der Waals surface area contributed by atoms with Crippen molar-refractivity contribution in [3.63, 3.8) is 0 Å². The fourth-order valence-corrected chi connectivity index (χ4v) is 4.12. The summed E-state index contributed by atoms with van der Waals surface area (Å²) in [5.41, 5.74) is 0.0305. The van der Waals surface area contributed by atoms with Crippen LogP contribution in [0.15, 0.2) is 18.2 Å². The van der Waals surface area contributed by atoms with E-state index in [1.807, 2.05) is 19.0 Å². The third kappa shape index (κ3) is 3.74. The predicted octanol–water partition coefficient (Wildman–Crippen LogP) is 1.80. The molecule has 2 aliphatic heterocycles. The number of cyclic esters (lactones) is 1. The fourth-order valence-electron chi connectivity index (χ4n) is 4.12. The number of benzene rings is 1. The molecule has 0 radical (unpaired) electrons. The van der Waals surface area contributed by atoms with Crippen LogP contribution in [0, 0.1) is 5.41 Å². The van der Waals surface area contributed by atoms with Gasteiger partial charge >= 0.3 is 5.97 Å². The average Bonchev–Trinajstić information content (AvgIpc) is 2.94. The van der Waals surface area contributed by atoms with Gasteiger partial charge in [-0.25, -0.2) is 0 Å². The van der Waals surface area contributed by atoms with Gasteiger partial charge in [0.25, 0.3) is 5.91 Å². The molecule has 1 aromatic rings. The van der Waals surface area contributed by atoms with Gasteiger partial charge in [0.05, 0.1) is 25.2 Å². The average molecular weight is 376 g/mol. The Bertz CT molecular complexity index is 710. The largest absolute Gasteiger partial charge is 0.493 e. The van der Waals surface area contributed by atoms with Crippen LogP contribution in [0.4, 0.5) is 0 Å². The van der Waals surface area contributed by atoms with Crippen LogP contribution in [0.5, 0.6) is 11.5 Å². The van der Waals surface area contributed by atoms with Crippen molar-refractivity contribution in [2.45, 2.75) is 25.4 Å². The fraction of sp³-hybridized carbons (Fsp3) is 0.600. The molecule has 2 fully saturated rings. The van der Waals surface area contributed by atoms with Crippen LogP contribution in [0.3, 0.4) is 0 Å². The lowest BCUT2D eigenvalue weighted by atomic mass is 9.76. The highest BCUT2D eigenvalue weighted by Gasteiger charge is 2.50. The number of carbonyl (C=O) groups is 2. The van der Waals surface area contributed by atoms with E-state index in [0.29, 0.717) is 43.0 Å². The van der Waals surface area contributed by atoms with Crippen molar-refractivity contribution in [1.29, 1.82) is 0 Å². The second-order valence-electron chi connectivity index (χ2n) is 7.61. The molecular formula is C20H28N2O5. The second-order valence-corrected chi connectivity index (χ2v) is 7.61. The van der Waals surface area contributed by atoms with Gasteiger partial charge in [0.15, 0.2) is 11.5 Å². The topological polar surface area (TPSA) is 68.3 Å². The Morgan fingerprint density at radius 3 is 2.56 bits per heavy atom. The molecule has 0 bridgehead atoms. The Balaban J connectivity index is 1.69. The zero-order valence-corrected chi connectivity index (χ0v) is 16.5. The maximum atomic E-state index is 13.0. The molecule has 1 unspecified atom stereocenters. The smallest absolute Gasteiger partial charge is 0.312 e. The quantitative estimate of drug-likeness (QED) is 0.730. The summed E-state index contributed by atoms with van der Waals surface area (Å²) in [6.45, 7) is 1.79. The first-order valence-electron chi connectivity index (χ1n) is 9.26. The van der Waals surface area contributed by atoms with Crippen LogP contribution < -0.4 is 9.47 Å². The third-order valence-electron chi connectivity index (χ3n) is 5.54. The van der Waals surface area contributed by atoms with Gasteiger partial charge in [-0.2, -0.15) is 0 Å². The van der Waals surface area contributed by atoms with E-state index >= 15 is 0 Å². The number of para-hydroxylation sites is 1. The van der Waals surface area contributed by atoms with Crippen molar-refractivity contribution in [2.75, 3.05) is 47.9 Å². The highest BCUT2D eigenvalue weighted by atomic mass is 16.6. The van der Waals surface area contributed by atoms with E-state index in [1.54, 1.807) is 30.2 Å². The summed E-state index contributed by atoms with van der Waals surface area (Å²) >= 11 is 0. The number of amides is 1. The molecule has 0 aromatic heterocycles. The second kappa shape index (κ2) is 7.76. The SMILES string of the molecule is COc1cccc(C(=O)N2CCC3(CC2)CC(CN(C)C)OC3=O)c1OC. The normalized spacial score (nSPS) is 21.4. The summed E-state index contributed by atoms with van der Waals surface area (Å²) in [6, 6.07) is 5.28. The molecule has 2 aliphatic rings. The molecule has 27 heavy (non-hydrogen) atoms. The Morgan fingerprint density at radius 2 is 1.96 bits per heavy atom. The monoisotopic (exact) mass is 376 g/mol. The lowest BCUT2D eigenvalue weighted by molar-refractivity contribution is -0.150. The summed E-state index contributed by atoms with van der Waals surface area (Å²) in [5, 5.41) is 0. The first-order valence-corrected chi connectivity index (χ1v) is 9.26. The lowest BCUT2D eigenvalue weighted by Crippen LogP contribution is -2.45. The van der Waals surface area contributed by atoms with Crippen LogP contribution in [0.2, 0.25) is 0 Å². The van der Waals surface area contributed by atoms with E-state index in [-0.39, 0.29) is 18.0 Å². The predicted molar refractivity (Wildman–Crippen MR) is 100 cm³/mol. The number of piperidine rings is 1. The molecule has 0 N–H and O–H groups in total. The van der Waals surface area contributed by atoms with Gasteiger partial charge in [-0.15, -0.1) is 0 Å². The Morgan fingerprint density at radius 1 is 1.26 bits per heavy atom. The number of ether oxygens (including phenoxy) is 3. The Labute approximate surface area is 160 Å². The van der Waals surface area contributed by atoms with Crippen molar-refractivity contribution >= 4 is 11.9 Å². The number of nitrogens with zero attached hydrogens (tertiary/aromatic N) is 2. The zero-order valence-electron chi connectivity index (χ0n) is 16.5. The zero-order chi connectivity index (χ0) is 19.6. The minimum absolute atomic E-state index is 0.0618. The summed E-state index contributed by atoms with van der Waals surface area (Å²) in [5.74, 6) is 0.761. The molecule has 2 heterocycles. The number of esters is 1. The molecule has 0 aliphatic carbocycles. The number of hydrogen-bond acceptors (Lipinski definition) is 6. The maximum absolute atomic E-state index is 13.0. The molecule has 7 nitrogen and oxygen atoms in total. The van der Waals surface area contributed by atoms with Crippen LogP contribution >= 0.6 is 0 Å². The molecule has 148 valence electrons. The van der Waals surface area contributed by atoms with Gasteiger partial charge in [-0.3, -0.25) is 9.59 Å². The number of hydrogen-bond donors (Lipinski definition) is 0. The van der Waals surface area contributed by atoms with E-state index in [2.05, 4.69) is 0 Å². The molecule has 0 saturated carbocycles. The van der Waals surface area contributed by atoms with Crippen LogP contribution in [0.1, 0.15) is 29.6 Å².